The molecule has 0 saturated heterocycles. The molecule has 0 amide bonds. The van der Waals surface area contributed by atoms with Crippen molar-refractivity contribution in [2.75, 3.05) is 16.5 Å². The Labute approximate surface area is 454 Å². The lowest BCUT2D eigenvalue weighted by Crippen LogP contribution is -2.27. The number of halogens is 5. The summed E-state index contributed by atoms with van der Waals surface area (Å²) in [7, 11) is 0. The highest BCUT2D eigenvalue weighted by Gasteiger charge is 2.37. The number of aromatic nitrogens is 2. The Hall–Kier alpha value is -7.46. The maximum atomic E-state index is 16.1. The molecular formula is C68H65F5N4O. The molecule has 0 N–H and O–H groups in total. The number of nitrogens with zero attached hydrogens (tertiary/aromatic N) is 4. The first-order chi connectivity index (χ1) is 37.5. The predicted octanol–water partition coefficient (Wildman–Crippen LogP) is 19.9. The SMILES string of the molecule is CC(C)(C)c1ccnc(-n2c3ccccc3c3ccc(Oc4cc(-c5c(C6CCCCC6)cccc5C5CCCCC5)cc(N5CN(c6c(-c7c(F)c(F)c(F)c(F)c7F)cccc6C(C)(C)C)c6ccccc65)c4)cc32)c1. The Morgan fingerprint density at radius 3 is 1.76 bits per heavy atom. The number of benzene rings is 7. The largest absolute Gasteiger partial charge is 0.457 e. The molecule has 7 aromatic carbocycles. The highest BCUT2D eigenvalue weighted by Crippen LogP contribution is 2.53. The van der Waals surface area contributed by atoms with Gasteiger partial charge in [-0.25, -0.2) is 26.9 Å². The zero-order chi connectivity index (χ0) is 54.2. The van der Waals surface area contributed by atoms with Gasteiger partial charge in [0.15, 0.2) is 23.3 Å². The monoisotopic (exact) mass is 1050 g/mol. The molecule has 0 spiro atoms. The lowest BCUT2D eigenvalue weighted by Gasteiger charge is -2.32. The molecule has 2 aromatic heterocycles. The first-order valence-corrected chi connectivity index (χ1v) is 27.8. The van der Waals surface area contributed by atoms with Crippen molar-refractivity contribution in [3.05, 3.63) is 191 Å². The van der Waals surface area contributed by atoms with E-state index in [1.54, 1.807) is 6.07 Å². The Morgan fingerprint density at radius 2 is 1.10 bits per heavy atom. The molecule has 9 aromatic rings. The summed E-state index contributed by atoms with van der Waals surface area (Å²) in [4.78, 5) is 9.06. The van der Waals surface area contributed by atoms with Gasteiger partial charge in [0.25, 0.3) is 0 Å². The van der Waals surface area contributed by atoms with Crippen molar-refractivity contribution in [3.8, 4) is 39.6 Å². The molecule has 2 saturated carbocycles. The highest BCUT2D eigenvalue weighted by molar-refractivity contribution is 6.09. The second-order valence-corrected chi connectivity index (χ2v) is 23.9. The van der Waals surface area contributed by atoms with Crippen molar-refractivity contribution in [1.29, 1.82) is 0 Å². The average molecular weight is 1050 g/mol. The number of para-hydroxylation sites is 4. The summed E-state index contributed by atoms with van der Waals surface area (Å²) in [6.07, 6.45) is 13.6. The van der Waals surface area contributed by atoms with Gasteiger partial charge >= 0.3 is 0 Å². The summed E-state index contributed by atoms with van der Waals surface area (Å²) < 4.78 is 86.8. The molecule has 398 valence electrons. The van der Waals surface area contributed by atoms with Crippen LogP contribution < -0.4 is 14.5 Å². The lowest BCUT2D eigenvalue weighted by molar-refractivity contribution is 0.381. The van der Waals surface area contributed by atoms with Gasteiger partial charge in [0, 0.05) is 40.4 Å². The minimum Gasteiger partial charge on any atom is -0.457 e. The van der Waals surface area contributed by atoms with Crippen LogP contribution >= 0.6 is 0 Å². The zero-order valence-electron chi connectivity index (χ0n) is 45.3. The second-order valence-electron chi connectivity index (χ2n) is 23.9. The number of hydrogen-bond donors (Lipinski definition) is 0. The maximum absolute atomic E-state index is 16.1. The van der Waals surface area contributed by atoms with Crippen LogP contribution in [0.3, 0.4) is 0 Å². The van der Waals surface area contributed by atoms with E-state index < -0.39 is 40.1 Å². The number of ether oxygens (including phenoxy) is 1. The molecule has 2 fully saturated rings. The smallest absolute Gasteiger partial charge is 0.200 e. The van der Waals surface area contributed by atoms with Crippen LogP contribution in [0.5, 0.6) is 11.5 Å². The number of fused-ring (bicyclic) bond motifs is 4. The van der Waals surface area contributed by atoms with Crippen LogP contribution in [-0.4, -0.2) is 16.2 Å². The van der Waals surface area contributed by atoms with Gasteiger partial charge in [-0.2, -0.15) is 0 Å². The molecule has 0 atom stereocenters. The fourth-order valence-corrected chi connectivity index (χ4v) is 12.9. The molecule has 3 heterocycles. The Kier molecular flexibility index (Phi) is 13.2. The van der Waals surface area contributed by atoms with Gasteiger partial charge in [-0.05, 0) is 136 Å². The molecule has 2 aliphatic carbocycles. The first kappa shape index (κ1) is 51.3. The molecule has 0 radical (unpaired) electrons. The third-order valence-corrected chi connectivity index (χ3v) is 16.8. The molecule has 10 heteroatoms. The summed E-state index contributed by atoms with van der Waals surface area (Å²) in [5.74, 6) is -7.04. The summed E-state index contributed by atoms with van der Waals surface area (Å²) >= 11 is 0. The van der Waals surface area contributed by atoms with E-state index in [4.69, 9.17) is 9.72 Å². The molecule has 5 nitrogen and oxygen atoms in total. The zero-order valence-corrected chi connectivity index (χ0v) is 45.3. The van der Waals surface area contributed by atoms with Crippen LogP contribution in [0.4, 0.5) is 44.7 Å². The first-order valence-electron chi connectivity index (χ1n) is 27.8. The minimum absolute atomic E-state index is 0.0949. The second kappa shape index (κ2) is 20.1. The van der Waals surface area contributed by atoms with Crippen molar-refractivity contribution < 1.29 is 26.7 Å². The van der Waals surface area contributed by atoms with Crippen LogP contribution in [-0.2, 0) is 10.8 Å². The molecular weight excluding hydrogens is 984 g/mol. The molecule has 0 unspecified atom stereocenters. The van der Waals surface area contributed by atoms with E-state index in [0.29, 0.717) is 40.3 Å². The van der Waals surface area contributed by atoms with Gasteiger partial charge in [0.1, 0.15) is 24.0 Å². The Balaban J connectivity index is 1.06. The summed E-state index contributed by atoms with van der Waals surface area (Å²) in [5, 5.41) is 2.18. The normalized spacial score (nSPS) is 15.7. The topological polar surface area (TPSA) is 33.5 Å². The van der Waals surface area contributed by atoms with Gasteiger partial charge in [-0.3, -0.25) is 4.57 Å². The third kappa shape index (κ3) is 9.08. The summed E-state index contributed by atoms with van der Waals surface area (Å²) in [6.45, 7) is 12.7. The van der Waals surface area contributed by atoms with E-state index in [1.807, 2.05) is 68.3 Å². The predicted molar refractivity (Wildman–Crippen MR) is 307 cm³/mol. The van der Waals surface area contributed by atoms with Crippen molar-refractivity contribution in [3.63, 3.8) is 0 Å². The minimum atomic E-state index is -2.19. The highest BCUT2D eigenvalue weighted by atomic mass is 19.2. The van der Waals surface area contributed by atoms with Crippen molar-refractivity contribution >= 4 is 44.6 Å². The van der Waals surface area contributed by atoms with Gasteiger partial charge in [-0.15, -0.1) is 0 Å². The Morgan fingerprint density at radius 1 is 0.500 bits per heavy atom. The van der Waals surface area contributed by atoms with Gasteiger partial charge in [-0.1, -0.05) is 147 Å². The number of hydrogen-bond acceptors (Lipinski definition) is 4. The molecule has 3 aliphatic rings. The number of anilines is 4. The maximum Gasteiger partial charge on any atom is 0.200 e. The third-order valence-electron chi connectivity index (χ3n) is 16.8. The molecule has 78 heavy (non-hydrogen) atoms. The average Bonchev–Trinajstić information content (AvgIpc) is 4.05. The van der Waals surface area contributed by atoms with Crippen molar-refractivity contribution in [2.45, 2.75) is 128 Å². The van der Waals surface area contributed by atoms with Gasteiger partial charge in [0.05, 0.1) is 33.7 Å². The molecule has 0 bridgehead atoms. The van der Waals surface area contributed by atoms with Crippen LogP contribution in [0.1, 0.15) is 140 Å². The fraction of sp³-hybridized carbons (Fsp3) is 0.309. The number of rotatable bonds is 9. The van der Waals surface area contributed by atoms with E-state index >= 15 is 17.6 Å². The van der Waals surface area contributed by atoms with Crippen LogP contribution in [0.25, 0.3) is 49.9 Å². The van der Waals surface area contributed by atoms with E-state index in [2.05, 4.69) is 115 Å². The van der Waals surface area contributed by atoms with Crippen LogP contribution in [0.2, 0.25) is 0 Å². The van der Waals surface area contributed by atoms with Crippen LogP contribution in [0.15, 0.2) is 140 Å². The molecule has 1 aliphatic heterocycles. The van der Waals surface area contributed by atoms with Crippen LogP contribution in [0, 0.1) is 29.1 Å². The molecule has 12 rings (SSSR count). The van der Waals surface area contributed by atoms with Gasteiger partial charge in [0.2, 0.25) is 5.82 Å². The standard InChI is InChI=1S/C68H65F5N4O/c1-67(2,3)44-33-34-74-58(37-44)77-54-28-14-13-23-50(54)51-32-31-46(39-57(51)77)78-47-36-43(59-48(41-19-9-7-10-20-41)24-17-25-49(59)42-21-11-8-12-22-42)35-45(38-47)75-40-76(56-30-16-15-29-55(56)75)66-52(26-18-27-53(66)68(4,5)6)60-61(69)63(71)65(73)64(72)62(60)70/h13-18,23-39,41-42H,7-12,19-22,40H2,1-6H3. The fourth-order valence-electron chi connectivity index (χ4n) is 12.9. The lowest BCUT2D eigenvalue weighted by atomic mass is 9.75. The van der Waals surface area contributed by atoms with E-state index in [0.717, 1.165) is 70.2 Å². The van der Waals surface area contributed by atoms with E-state index in [-0.39, 0.29) is 17.6 Å². The quantitative estimate of drug-likeness (QED) is 0.0819. The van der Waals surface area contributed by atoms with E-state index in [1.165, 1.54) is 66.8 Å². The summed E-state index contributed by atoms with van der Waals surface area (Å²) in [6, 6.07) is 45.1. The van der Waals surface area contributed by atoms with Crippen molar-refractivity contribution in [2.24, 2.45) is 0 Å². The van der Waals surface area contributed by atoms with E-state index in [9.17, 15) is 4.39 Å². The van der Waals surface area contributed by atoms with Gasteiger partial charge < -0.3 is 14.5 Å². The summed E-state index contributed by atoms with van der Waals surface area (Å²) in [5.41, 5.74) is 9.76. The van der Waals surface area contributed by atoms with Crippen molar-refractivity contribution in [1.82, 2.24) is 9.55 Å². The Bertz CT molecular complexity index is 3720. The number of pyridine rings is 1.